The van der Waals surface area contributed by atoms with Crippen LogP contribution in [0.2, 0.25) is 0 Å². The first-order valence-electron chi connectivity index (χ1n) is 7.82. The summed E-state index contributed by atoms with van der Waals surface area (Å²) in [5.41, 5.74) is 1.15. The fraction of sp³-hybridized carbons (Fsp3) is 0.375. The summed E-state index contributed by atoms with van der Waals surface area (Å²) >= 11 is 1.36. The lowest BCUT2D eigenvalue weighted by Crippen LogP contribution is -2.44. The molecule has 1 aliphatic rings. The molecular weight excluding hydrogens is 326 g/mol. The van der Waals surface area contributed by atoms with E-state index < -0.39 is 0 Å². The minimum Gasteiger partial charge on any atom is -0.354 e. The molecule has 24 heavy (non-hydrogen) atoms. The molecule has 0 bridgehead atoms. The van der Waals surface area contributed by atoms with Crippen molar-refractivity contribution in [3.05, 3.63) is 40.9 Å². The molecule has 1 atom stereocenters. The van der Waals surface area contributed by atoms with Gasteiger partial charge in [-0.2, -0.15) is 0 Å². The van der Waals surface area contributed by atoms with Crippen LogP contribution in [0.15, 0.2) is 30.3 Å². The fourth-order valence-electron chi connectivity index (χ4n) is 2.51. The van der Waals surface area contributed by atoms with Crippen molar-refractivity contribution in [1.29, 1.82) is 0 Å². The van der Waals surface area contributed by atoms with Crippen molar-refractivity contribution >= 4 is 28.4 Å². The number of anilines is 1. The van der Waals surface area contributed by atoms with Gasteiger partial charge in [0.25, 0.3) is 0 Å². The summed E-state index contributed by atoms with van der Waals surface area (Å²) in [6, 6.07) is 9.68. The van der Waals surface area contributed by atoms with Crippen LogP contribution in [0, 0.1) is 0 Å². The zero-order valence-electron chi connectivity index (χ0n) is 13.4. The van der Waals surface area contributed by atoms with Gasteiger partial charge in [0, 0.05) is 32.0 Å². The third-order valence-electron chi connectivity index (χ3n) is 3.85. The van der Waals surface area contributed by atoms with Crippen LogP contribution in [-0.4, -0.2) is 46.2 Å². The number of rotatable bonds is 3. The number of nitrogens with zero attached hydrogens (tertiary/aromatic N) is 3. The molecule has 3 rings (SSSR count). The van der Waals surface area contributed by atoms with Crippen molar-refractivity contribution in [3.63, 3.8) is 0 Å². The van der Waals surface area contributed by atoms with Crippen molar-refractivity contribution < 1.29 is 9.59 Å². The Labute approximate surface area is 144 Å². The average molecular weight is 345 g/mol. The summed E-state index contributed by atoms with van der Waals surface area (Å²) < 4.78 is 0. The van der Waals surface area contributed by atoms with Crippen molar-refractivity contribution in [2.24, 2.45) is 0 Å². The molecule has 0 saturated carbocycles. The number of urea groups is 1. The van der Waals surface area contributed by atoms with E-state index in [4.69, 9.17) is 0 Å². The van der Waals surface area contributed by atoms with Crippen LogP contribution in [0.5, 0.6) is 0 Å². The fourth-order valence-corrected chi connectivity index (χ4v) is 3.28. The molecule has 2 aromatic rings. The molecule has 2 N–H and O–H groups in total. The van der Waals surface area contributed by atoms with Crippen LogP contribution < -0.4 is 10.6 Å². The van der Waals surface area contributed by atoms with E-state index in [1.807, 2.05) is 37.3 Å². The topological polar surface area (TPSA) is 87.2 Å². The monoisotopic (exact) mass is 345 g/mol. The molecule has 0 aliphatic carbocycles. The number of amides is 3. The van der Waals surface area contributed by atoms with Gasteiger partial charge in [0.1, 0.15) is 5.01 Å². The van der Waals surface area contributed by atoms with Crippen LogP contribution >= 0.6 is 11.3 Å². The SMILES string of the molecule is C[C@@H]1CNC(=O)CCN1C(=O)Nc1nnc(Cc2ccccc2)s1. The molecule has 0 radical (unpaired) electrons. The van der Waals surface area contributed by atoms with E-state index in [9.17, 15) is 9.59 Å². The average Bonchev–Trinajstić information content (AvgIpc) is 2.93. The molecular formula is C16H19N5O2S. The quantitative estimate of drug-likeness (QED) is 0.889. The first-order valence-corrected chi connectivity index (χ1v) is 8.64. The van der Waals surface area contributed by atoms with Crippen molar-refractivity contribution in [1.82, 2.24) is 20.4 Å². The van der Waals surface area contributed by atoms with Gasteiger partial charge in [-0.3, -0.25) is 10.1 Å². The molecule has 2 heterocycles. The molecule has 8 heteroatoms. The highest BCUT2D eigenvalue weighted by atomic mass is 32.1. The lowest BCUT2D eigenvalue weighted by atomic mass is 10.2. The van der Waals surface area contributed by atoms with Gasteiger partial charge in [-0.05, 0) is 12.5 Å². The van der Waals surface area contributed by atoms with E-state index >= 15 is 0 Å². The normalized spacial score (nSPS) is 18.0. The predicted molar refractivity (Wildman–Crippen MR) is 92.0 cm³/mol. The van der Waals surface area contributed by atoms with E-state index in [0.717, 1.165) is 10.6 Å². The minimum atomic E-state index is -0.249. The second kappa shape index (κ2) is 7.39. The molecule has 0 spiro atoms. The highest BCUT2D eigenvalue weighted by Gasteiger charge is 2.25. The zero-order chi connectivity index (χ0) is 16.9. The highest BCUT2D eigenvalue weighted by Crippen LogP contribution is 2.19. The Balaban J connectivity index is 1.61. The Morgan fingerprint density at radius 3 is 2.96 bits per heavy atom. The number of nitrogens with one attached hydrogen (secondary N) is 2. The van der Waals surface area contributed by atoms with E-state index in [1.54, 1.807) is 4.90 Å². The van der Waals surface area contributed by atoms with E-state index in [2.05, 4.69) is 20.8 Å². The van der Waals surface area contributed by atoms with Gasteiger partial charge in [0.05, 0.1) is 0 Å². The second-order valence-electron chi connectivity index (χ2n) is 5.69. The van der Waals surface area contributed by atoms with Crippen molar-refractivity contribution in [3.8, 4) is 0 Å². The van der Waals surface area contributed by atoms with Gasteiger partial charge in [-0.1, -0.05) is 41.7 Å². The number of aromatic nitrogens is 2. The maximum atomic E-state index is 12.4. The van der Waals surface area contributed by atoms with Crippen LogP contribution in [-0.2, 0) is 11.2 Å². The summed E-state index contributed by atoms with van der Waals surface area (Å²) in [6.45, 7) is 2.77. The second-order valence-corrected chi connectivity index (χ2v) is 6.75. The molecule has 1 aliphatic heterocycles. The lowest BCUT2D eigenvalue weighted by molar-refractivity contribution is -0.120. The molecule has 1 aromatic heterocycles. The van der Waals surface area contributed by atoms with Crippen LogP contribution in [0.4, 0.5) is 9.93 Å². The number of carbonyl (C=O) groups is 2. The van der Waals surface area contributed by atoms with Crippen LogP contribution in [0.3, 0.4) is 0 Å². The number of hydrogen-bond acceptors (Lipinski definition) is 5. The van der Waals surface area contributed by atoms with Gasteiger partial charge in [-0.15, -0.1) is 10.2 Å². The maximum Gasteiger partial charge on any atom is 0.324 e. The summed E-state index contributed by atoms with van der Waals surface area (Å²) in [7, 11) is 0. The molecule has 1 fully saturated rings. The molecule has 126 valence electrons. The minimum absolute atomic E-state index is 0.0294. The predicted octanol–water partition coefficient (Wildman–Crippen LogP) is 1.87. The Bertz CT molecular complexity index is 718. The maximum absolute atomic E-state index is 12.4. The van der Waals surface area contributed by atoms with E-state index in [1.165, 1.54) is 11.3 Å². The molecule has 7 nitrogen and oxygen atoms in total. The lowest BCUT2D eigenvalue weighted by Gasteiger charge is -2.25. The smallest absolute Gasteiger partial charge is 0.324 e. The highest BCUT2D eigenvalue weighted by molar-refractivity contribution is 7.15. The standard InChI is InChI=1S/C16H19N5O2S/c1-11-10-17-13(22)7-8-21(11)16(23)18-15-20-19-14(24-15)9-12-5-3-2-4-6-12/h2-6,11H,7-10H2,1H3,(H,17,22)(H,18,20,23)/t11-/m1/s1. The summed E-state index contributed by atoms with van der Waals surface area (Å²) in [5, 5.41) is 15.1. The number of carbonyl (C=O) groups excluding carboxylic acids is 2. The summed E-state index contributed by atoms with van der Waals surface area (Å²) in [5.74, 6) is -0.0294. The van der Waals surface area contributed by atoms with Crippen molar-refractivity contribution in [2.75, 3.05) is 18.4 Å². The summed E-state index contributed by atoms with van der Waals surface area (Å²) in [6.07, 6.45) is 1.00. The Morgan fingerprint density at radius 2 is 2.17 bits per heavy atom. The van der Waals surface area contributed by atoms with Crippen LogP contribution in [0.1, 0.15) is 23.9 Å². The molecule has 1 aromatic carbocycles. The van der Waals surface area contributed by atoms with Crippen LogP contribution in [0.25, 0.3) is 0 Å². The number of hydrogen-bond donors (Lipinski definition) is 2. The summed E-state index contributed by atoms with van der Waals surface area (Å²) in [4.78, 5) is 25.5. The first-order chi connectivity index (χ1) is 11.6. The van der Waals surface area contributed by atoms with Crippen molar-refractivity contribution in [2.45, 2.75) is 25.8 Å². The first kappa shape index (κ1) is 16.4. The zero-order valence-corrected chi connectivity index (χ0v) is 14.2. The third kappa shape index (κ3) is 4.08. The van der Waals surface area contributed by atoms with Gasteiger partial charge in [0.15, 0.2) is 0 Å². The van der Waals surface area contributed by atoms with Gasteiger partial charge in [0.2, 0.25) is 11.0 Å². The Kier molecular flexibility index (Phi) is 5.05. The molecule has 0 unspecified atom stereocenters. The largest absolute Gasteiger partial charge is 0.354 e. The van der Waals surface area contributed by atoms with E-state index in [-0.39, 0.29) is 18.0 Å². The van der Waals surface area contributed by atoms with Gasteiger partial charge in [-0.25, -0.2) is 4.79 Å². The molecule has 1 saturated heterocycles. The van der Waals surface area contributed by atoms with E-state index in [0.29, 0.717) is 31.1 Å². The molecule has 3 amide bonds. The Morgan fingerprint density at radius 1 is 1.38 bits per heavy atom. The van der Waals surface area contributed by atoms with Gasteiger partial charge >= 0.3 is 6.03 Å². The van der Waals surface area contributed by atoms with Gasteiger partial charge < -0.3 is 10.2 Å². The number of benzene rings is 1. The Hall–Kier alpha value is -2.48. The third-order valence-corrected chi connectivity index (χ3v) is 4.68.